The van der Waals surface area contributed by atoms with E-state index in [1.54, 1.807) is 0 Å². The summed E-state index contributed by atoms with van der Waals surface area (Å²) in [5.74, 6) is 0.963. The summed E-state index contributed by atoms with van der Waals surface area (Å²) in [6.45, 7) is 2.21. The fourth-order valence-corrected chi connectivity index (χ4v) is 2.32. The van der Waals surface area contributed by atoms with Crippen molar-refractivity contribution < 1.29 is 0 Å². The number of H-pyrrole nitrogens is 1. The first-order valence-corrected chi connectivity index (χ1v) is 6.60. The van der Waals surface area contributed by atoms with Crippen LogP contribution in [-0.2, 0) is 6.42 Å². The van der Waals surface area contributed by atoms with Crippen LogP contribution in [0.25, 0.3) is 21.8 Å². The van der Waals surface area contributed by atoms with Gasteiger partial charge in [0.25, 0.3) is 0 Å². The standard InChI is InChI=1S/C15H17N3/c1-2-3-4-5-14-17-10-11-6-7-13-12(8-9-16-13)15(11)18-14/h6-10,16H,2-5H2,1H3. The molecule has 0 aliphatic rings. The number of hydrogen-bond acceptors (Lipinski definition) is 2. The Morgan fingerprint density at radius 3 is 3.00 bits per heavy atom. The SMILES string of the molecule is CCCCCc1ncc2ccc3[nH]ccc3c2n1. The summed E-state index contributed by atoms with van der Waals surface area (Å²) in [4.78, 5) is 12.4. The normalized spacial score (nSPS) is 11.4. The lowest BCUT2D eigenvalue weighted by molar-refractivity contribution is 0.696. The van der Waals surface area contributed by atoms with Gasteiger partial charge in [0, 0.05) is 35.1 Å². The van der Waals surface area contributed by atoms with E-state index in [-0.39, 0.29) is 0 Å². The van der Waals surface area contributed by atoms with E-state index < -0.39 is 0 Å². The van der Waals surface area contributed by atoms with Crippen molar-refractivity contribution in [2.24, 2.45) is 0 Å². The second kappa shape index (κ2) is 4.77. The van der Waals surface area contributed by atoms with Crippen LogP contribution < -0.4 is 0 Å². The predicted molar refractivity (Wildman–Crippen MR) is 74.6 cm³/mol. The molecule has 2 heterocycles. The molecular formula is C15H17N3. The highest BCUT2D eigenvalue weighted by molar-refractivity contribution is 6.03. The van der Waals surface area contributed by atoms with E-state index in [1.165, 1.54) is 24.6 Å². The molecule has 92 valence electrons. The third kappa shape index (κ3) is 1.96. The van der Waals surface area contributed by atoms with Gasteiger partial charge in [0.15, 0.2) is 0 Å². The minimum absolute atomic E-state index is 0.963. The Morgan fingerprint density at radius 1 is 1.17 bits per heavy atom. The molecule has 0 amide bonds. The molecule has 18 heavy (non-hydrogen) atoms. The first kappa shape index (κ1) is 11.2. The van der Waals surface area contributed by atoms with Gasteiger partial charge in [0.2, 0.25) is 0 Å². The highest BCUT2D eigenvalue weighted by atomic mass is 14.9. The van der Waals surface area contributed by atoms with E-state index in [2.05, 4.69) is 35.1 Å². The Morgan fingerprint density at radius 2 is 2.11 bits per heavy atom. The van der Waals surface area contributed by atoms with Crippen LogP contribution in [-0.4, -0.2) is 15.0 Å². The first-order valence-electron chi connectivity index (χ1n) is 6.60. The van der Waals surface area contributed by atoms with Crippen LogP contribution in [0.5, 0.6) is 0 Å². The van der Waals surface area contributed by atoms with E-state index in [4.69, 9.17) is 4.98 Å². The van der Waals surface area contributed by atoms with Crippen molar-refractivity contribution in [1.82, 2.24) is 15.0 Å². The van der Waals surface area contributed by atoms with Gasteiger partial charge in [-0.1, -0.05) is 19.8 Å². The van der Waals surface area contributed by atoms with Gasteiger partial charge in [-0.2, -0.15) is 0 Å². The van der Waals surface area contributed by atoms with E-state index in [1.807, 2.05) is 12.4 Å². The molecule has 0 unspecified atom stereocenters. The molecule has 1 N–H and O–H groups in total. The summed E-state index contributed by atoms with van der Waals surface area (Å²) in [6, 6.07) is 6.24. The van der Waals surface area contributed by atoms with Crippen LogP contribution in [0.3, 0.4) is 0 Å². The molecule has 0 radical (unpaired) electrons. The van der Waals surface area contributed by atoms with Crippen LogP contribution in [0, 0.1) is 0 Å². The summed E-state index contributed by atoms with van der Waals surface area (Å²) in [7, 11) is 0. The predicted octanol–water partition coefficient (Wildman–Crippen LogP) is 3.84. The smallest absolute Gasteiger partial charge is 0.129 e. The molecule has 0 aliphatic carbocycles. The number of nitrogens with zero attached hydrogens (tertiary/aromatic N) is 2. The van der Waals surface area contributed by atoms with Crippen LogP contribution in [0.15, 0.2) is 30.6 Å². The summed E-state index contributed by atoms with van der Waals surface area (Å²) in [5, 5.41) is 2.30. The largest absolute Gasteiger partial charge is 0.361 e. The number of nitrogens with one attached hydrogen (secondary N) is 1. The third-order valence-electron chi connectivity index (χ3n) is 3.33. The topological polar surface area (TPSA) is 41.6 Å². The van der Waals surface area contributed by atoms with Gasteiger partial charge in [-0.05, 0) is 24.6 Å². The second-order valence-electron chi connectivity index (χ2n) is 4.69. The molecule has 0 saturated heterocycles. The van der Waals surface area contributed by atoms with Crippen molar-refractivity contribution in [2.75, 3.05) is 0 Å². The molecule has 0 atom stereocenters. The van der Waals surface area contributed by atoms with Crippen LogP contribution in [0.1, 0.15) is 32.0 Å². The fourth-order valence-electron chi connectivity index (χ4n) is 2.32. The summed E-state index contributed by atoms with van der Waals surface area (Å²) in [6.07, 6.45) is 8.53. The van der Waals surface area contributed by atoms with Gasteiger partial charge in [-0.15, -0.1) is 0 Å². The molecule has 3 nitrogen and oxygen atoms in total. The van der Waals surface area contributed by atoms with Gasteiger partial charge in [0.1, 0.15) is 5.82 Å². The maximum absolute atomic E-state index is 4.72. The minimum Gasteiger partial charge on any atom is -0.361 e. The molecule has 0 aliphatic heterocycles. The van der Waals surface area contributed by atoms with Gasteiger partial charge < -0.3 is 4.98 Å². The average molecular weight is 239 g/mol. The van der Waals surface area contributed by atoms with Crippen molar-refractivity contribution in [1.29, 1.82) is 0 Å². The number of benzene rings is 1. The number of rotatable bonds is 4. The van der Waals surface area contributed by atoms with Crippen molar-refractivity contribution in [3.8, 4) is 0 Å². The molecule has 3 rings (SSSR count). The zero-order valence-corrected chi connectivity index (χ0v) is 10.6. The van der Waals surface area contributed by atoms with E-state index >= 15 is 0 Å². The number of unbranched alkanes of at least 4 members (excludes halogenated alkanes) is 2. The van der Waals surface area contributed by atoms with Gasteiger partial charge in [-0.3, -0.25) is 0 Å². The Bertz CT molecular complexity index is 670. The molecular weight excluding hydrogens is 222 g/mol. The lowest BCUT2D eigenvalue weighted by atomic mass is 10.1. The van der Waals surface area contributed by atoms with Crippen molar-refractivity contribution in [2.45, 2.75) is 32.6 Å². The number of aromatic amines is 1. The van der Waals surface area contributed by atoms with E-state index in [0.717, 1.165) is 28.7 Å². The van der Waals surface area contributed by atoms with Crippen LogP contribution in [0.2, 0.25) is 0 Å². The molecule has 0 spiro atoms. The van der Waals surface area contributed by atoms with Gasteiger partial charge in [0.05, 0.1) is 5.52 Å². The Kier molecular flexibility index (Phi) is 2.97. The summed E-state index contributed by atoms with van der Waals surface area (Å²) >= 11 is 0. The molecule has 0 fully saturated rings. The molecule has 3 aromatic rings. The highest BCUT2D eigenvalue weighted by Crippen LogP contribution is 2.22. The maximum Gasteiger partial charge on any atom is 0.129 e. The lowest BCUT2D eigenvalue weighted by Gasteiger charge is -2.03. The second-order valence-corrected chi connectivity index (χ2v) is 4.69. The minimum atomic E-state index is 0.963. The summed E-state index contributed by atoms with van der Waals surface area (Å²) in [5.41, 5.74) is 2.20. The van der Waals surface area contributed by atoms with Crippen LogP contribution in [0.4, 0.5) is 0 Å². The average Bonchev–Trinajstić information content (AvgIpc) is 2.87. The quantitative estimate of drug-likeness (QED) is 0.703. The van der Waals surface area contributed by atoms with Gasteiger partial charge in [-0.25, -0.2) is 9.97 Å². The van der Waals surface area contributed by atoms with E-state index in [9.17, 15) is 0 Å². The Hall–Kier alpha value is -1.90. The summed E-state index contributed by atoms with van der Waals surface area (Å²) < 4.78 is 0. The van der Waals surface area contributed by atoms with Crippen molar-refractivity contribution in [3.63, 3.8) is 0 Å². The van der Waals surface area contributed by atoms with Crippen molar-refractivity contribution >= 4 is 21.8 Å². The lowest BCUT2D eigenvalue weighted by Crippen LogP contribution is -1.95. The molecule has 1 aromatic carbocycles. The zero-order chi connectivity index (χ0) is 12.4. The maximum atomic E-state index is 4.72. The highest BCUT2D eigenvalue weighted by Gasteiger charge is 2.05. The van der Waals surface area contributed by atoms with E-state index in [0.29, 0.717) is 0 Å². The molecule has 0 bridgehead atoms. The first-order chi connectivity index (χ1) is 8.88. The molecule has 0 saturated carbocycles. The number of fused-ring (bicyclic) bond motifs is 3. The Balaban J connectivity index is 2.03. The number of hydrogen-bond donors (Lipinski definition) is 1. The number of aryl methyl sites for hydroxylation is 1. The third-order valence-corrected chi connectivity index (χ3v) is 3.33. The number of aromatic nitrogens is 3. The van der Waals surface area contributed by atoms with Crippen molar-refractivity contribution in [3.05, 3.63) is 36.4 Å². The van der Waals surface area contributed by atoms with Gasteiger partial charge >= 0.3 is 0 Å². The fraction of sp³-hybridized carbons (Fsp3) is 0.333. The molecule has 3 heteroatoms. The van der Waals surface area contributed by atoms with Crippen LogP contribution >= 0.6 is 0 Å². The Labute approximate surface area is 106 Å². The molecule has 2 aromatic heterocycles. The monoisotopic (exact) mass is 239 g/mol. The zero-order valence-electron chi connectivity index (χ0n) is 10.6.